The maximum atomic E-state index is 12.9. The molecular formula is C24H23N3O5S. The van der Waals surface area contributed by atoms with Gasteiger partial charge in [0.2, 0.25) is 22.7 Å². The molecule has 0 saturated carbocycles. The Kier molecular flexibility index (Phi) is 6.71. The fourth-order valence-corrected chi connectivity index (χ4v) is 4.51. The lowest BCUT2D eigenvalue weighted by Crippen LogP contribution is -2.32. The van der Waals surface area contributed by atoms with Crippen LogP contribution in [0.15, 0.2) is 82.8 Å². The van der Waals surface area contributed by atoms with E-state index in [2.05, 4.69) is 15.2 Å². The van der Waals surface area contributed by atoms with Gasteiger partial charge in [-0.1, -0.05) is 48.0 Å². The molecule has 33 heavy (non-hydrogen) atoms. The highest BCUT2D eigenvalue weighted by molar-refractivity contribution is 7.89. The lowest BCUT2D eigenvalue weighted by molar-refractivity contribution is -0.121. The molecule has 8 nitrogen and oxygen atoms in total. The van der Waals surface area contributed by atoms with E-state index >= 15 is 0 Å². The van der Waals surface area contributed by atoms with E-state index in [0.29, 0.717) is 17.1 Å². The van der Waals surface area contributed by atoms with E-state index in [0.717, 1.165) is 11.1 Å². The van der Waals surface area contributed by atoms with Gasteiger partial charge in [-0.3, -0.25) is 4.79 Å². The molecule has 0 aliphatic carbocycles. The topological polar surface area (TPSA) is 106 Å². The number of rotatable bonds is 8. The maximum Gasteiger partial charge on any atom is 0.242 e. The van der Waals surface area contributed by atoms with E-state index in [1.165, 1.54) is 18.3 Å². The summed E-state index contributed by atoms with van der Waals surface area (Å²) in [6.45, 7) is 2.05. The molecule has 0 bridgehead atoms. The highest BCUT2D eigenvalue weighted by atomic mass is 32.2. The Hall–Kier alpha value is -3.69. The molecule has 2 N–H and O–H groups in total. The van der Waals surface area contributed by atoms with Crippen molar-refractivity contribution in [2.24, 2.45) is 5.10 Å². The predicted octanol–water partition coefficient (Wildman–Crippen LogP) is 3.28. The second-order valence-corrected chi connectivity index (χ2v) is 9.22. The van der Waals surface area contributed by atoms with Crippen LogP contribution >= 0.6 is 0 Å². The minimum absolute atomic E-state index is 0.131. The van der Waals surface area contributed by atoms with Crippen molar-refractivity contribution in [1.82, 2.24) is 10.1 Å². The van der Waals surface area contributed by atoms with Gasteiger partial charge < -0.3 is 9.47 Å². The summed E-state index contributed by atoms with van der Waals surface area (Å²) in [6, 6.07) is 20.0. The Bertz CT molecular complexity index is 1260. The van der Waals surface area contributed by atoms with Gasteiger partial charge in [0.1, 0.15) is 0 Å². The number of ether oxygens (including phenoxy) is 2. The number of amides is 1. The zero-order valence-electron chi connectivity index (χ0n) is 17.9. The molecule has 1 aliphatic rings. The van der Waals surface area contributed by atoms with Gasteiger partial charge in [0.25, 0.3) is 0 Å². The summed E-state index contributed by atoms with van der Waals surface area (Å²) in [6.07, 6.45) is 1.35. The molecule has 0 unspecified atom stereocenters. The van der Waals surface area contributed by atoms with Crippen LogP contribution in [0.4, 0.5) is 0 Å². The van der Waals surface area contributed by atoms with Gasteiger partial charge in [0.15, 0.2) is 11.5 Å². The van der Waals surface area contributed by atoms with Gasteiger partial charge in [-0.25, -0.2) is 18.6 Å². The predicted molar refractivity (Wildman–Crippen MR) is 124 cm³/mol. The zero-order chi connectivity index (χ0) is 23.3. The average molecular weight is 466 g/mol. The number of benzene rings is 3. The third-order valence-corrected chi connectivity index (χ3v) is 6.51. The number of aryl methyl sites for hydroxylation is 1. The normalized spacial score (nSPS) is 13.7. The van der Waals surface area contributed by atoms with Crippen LogP contribution in [-0.2, 0) is 14.8 Å². The minimum Gasteiger partial charge on any atom is -0.454 e. The number of fused-ring (bicyclic) bond motifs is 1. The molecular weight excluding hydrogens is 442 g/mol. The van der Waals surface area contributed by atoms with Crippen molar-refractivity contribution in [2.45, 2.75) is 24.3 Å². The molecule has 0 saturated heterocycles. The van der Waals surface area contributed by atoms with Crippen molar-refractivity contribution in [1.29, 1.82) is 0 Å². The highest BCUT2D eigenvalue weighted by Crippen LogP contribution is 2.32. The third-order valence-electron chi connectivity index (χ3n) is 5.02. The van der Waals surface area contributed by atoms with Crippen molar-refractivity contribution in [3.63, 3.8) is 0 Å². The van der Waals surface area contributed by atoms with E-state index < -0.39 is 22.0 Å². The van der Waals surface area contributed by atoms with Crippen molar-refractivity contribution in [2.75, 3.05) is 6.79 Å². The number of hydrogen-bond donors (Lipinski definition) is 2. The summed E-state index contributed by atoms with van der Waals surface area (Å²) < 4.78 is 39.0. The van der Waals surface area contributed by atoms with Gasteiger partial charge in [-0.2, -0.15) is 5.10 Å². The Morgan fingerprint density at radius 3 is 2.52 bits per heavy atom. The fourth-order valence-electron chi connectivity index (χ4n) is 3.29. The van der Waals surface area contributed by atoms with Gasteiger partial charge in [0, 0.05) is 6.42 Å². The van der Waals surface area contributed by atoms with E-state index in [4.69, 9.17) is 9.47 Å². The quantitative estimate of drug-likeness (QED) is 0.392. The first kappa shape index (κ1) is 22.5. The number of nitrogens with zero attached hydrogens (tertiary/aromatic N) is 1. The molecule has 0 aromatic heterocycles. The third kappa shape index (κ3) is 5.76. The van der Waals surface area contributed by atoms with Crippen LogP contribution in [0, 0.1) is 6.92 Å². The monoisotopic (exact) mass is 465 g/mol. The first-order valence-electron chi connectivity index (χ1n) is 10.3. The summed E-state index contributed by atoms with van der Waals surface area (Å²) in [5.41, 5.74) is 4.80. The molecule has 3 aromatic rings. The lowest BCUT2D eigenvalue weighted by atomic mass is 10.0. The Balaban J connectivity index is 1.45. The number of carbonyl (C=O) groups is 1. The van der Waals surface area contributed by atoms with Crippen molar-refractivity contribution >= 4 is 22.1 Å². The molecule has 0 fully saturated rings. The number of hydrazone groups is 1. The second kappa shape index (κ2) is 9.85. The Labute approximate surface area is 192 Å². The number of hydrogen-bond acceptors (Lipinski definition) is 6. The number of carbonyl (C=O) groups excluding carboxylic acids is 1. The first-order valence-corrected chi connectivity index (χ1v) is 11.7. The summed E-state index contributed by atoms with van der Waals surface area (Å²) in [4.78, 5) is 12.7. The van der Waals surface area contributed by atoms with Crippen LogP contribution in [0.25, 0.3) is 0 Å². The zero-order valence-corrected chi connectivity index (χ0v) is 18.7. The standard InChI is InChI=1S/C24H23N3O5S/c1-17-7-10-20(11-8-17)33(29,30)27-21(19-5-3-2-4-6-19)14-24(28)26-25-15-18-9-12-22-23(13-18)32-16-31-22/h2-13,15,21,27H,14,16H2,1H3,(H,26,28)/b25-15-/t21-/m0/s1. The smallest absolute Gasteiger partial charge is 0.242 e. The maximum absolute atomic E-state index is 12.9. The molecule has 9 heteroatoms. The van der Waals surface area contributed by atoms with Gasteiger partial charge >= 0.3 is 0 Å². The molecule has 170 valence electrons. The van der Waals surface area contributed by atoms with Gasteiger partial charge in [-0.05, 0) is 48.4 Å². The Morgan fingerprint density at radius 2 is 1.76 bits per heavy atom. The first-order chi connectivity index (χ1) is 15.9. The van der Waals surface area contributed by atoms with Crippen molar-refractivity contribution < 1.29 is 22.7 Å². The second-order valence-electron chi connectivity index (χ2n) is 7.51. The van der Waals surface area contributed by atoms with E-state index in [9.17, 15) is 13.2 Å². The molecule has 1 amide bonds. The van der Waals surface area contributed by atoms with Crippen LogP contribution in [0.3, 0.4) is 0 Å². The van der Waals surface area contributed by atoms with E-state index in [1.54, 1.807) is 54.6 Å². The van der Waals surface area contributed by atoms with Crippen molar-refractivity contribution in [3.8, 4) is 11.5 Å². The van der Waals surface area contributed by atoms with E-state index in [-0.39, 0.29) is 18.1 Å². The highest BCUT2D eigenvalue weighted by Gasteiger charge is 2.23. The van der Waals surface area contributed by atoms with Crippen LogP contribution in [0.1, 0.15) is 29.2 Å². The minimum atomic E-state index is -3.83. The molecule has 1 atom stereocenters. The van der Waals surface area contributed by atoms with Gasteiger partial charge in [0.05, 0.1) is 17.2 Å². The Morgan fingerprint density at radius 1 is 1.03 bits per heavy atom. The molecule has 0 spiro atoms. The van der Waals surface area contributed by atoms with Crippen LogP contribution in [0.5, 0.6) is 11.5 Å². The largest absolute Gasteiger partial charge is 0.454 e. The summed E-state index contributed by atoms with van der Waals surface area (Å²) >= 11 is 0. The van der Waals surface area contributed by atoms with Crippen molar-refractivity contribution in [3.05, 3.63) is 89.5 Å². The number of sulfonamides is 1. The molecule has 1 heterocycles. The number of nitrogens with one attached hydrogen (secondary N) is 2. The molecule has 4 rings (SSSR count). The molecule has 0 radical (unpaired) electrons. The molecule has 3 aromatic carbocycles. The van der Waals surface area contributed by atoms with Crippen LogP contribution in [-0.4, -0.2) is 27.3 Å². The van der Waals surface area contributed by atoms with Crippen LogP contribution in [0.2, 0.25) is 0 Å². The van der Waals surface area contributed by atoms with Gasteiger partial charge in [-0.15, -0.1) is 0 Å². The lowest BCUT2D eigenvalue weighted by Gasteiger charge is -2.18. The summed E-state index contributed by atoms with van der Waals surface area (Å²) in [5.74, 6) is 0.829. The fraction of sp³-hybridized carbons (Fsp3) is 0.167. The summed E-state index contributed by atoms with van der Waals surface area (Å²) in [5, 5.41) is 3.98. The van der Waals surface area contributed by atoms with Crippen LogP contribution < -0.4 is 19.6 Å². The SMILES string of the molecule is Cc1ccc(S(=O)(=O)N[C@@H](CC(=O)N/N=C\c2ccc3c(c2)OCO3)c2ccccc2)cc1. The average Bonchev–Trinajstić information content (AvgIpc) is 3.27. The van der Waals surface area contributed by atoms with E-state index in [1.807, 2.05) is 13.0 Å². The molecule has 1 aliphatic heterocycles. The summed E-state index contributed by atoms with van der Waals surface area (Å²) in [7, 11) is -3.83.